The number of ether oxygens (including phenoxy) is 1. The van der Waals surface area contributed by atoms with E-state index in [9.17, 15) is 0 Å². The fourth-order valence-electron chi connectivity index (χ4n) is 5.97. The number of thiol groups is 1. The SMILES string of the molecule is C#C[Si](C)(C)C.C#Cc1ccc(SCCCC)cc1.C1CCOC1.CC#N.CCCCI.CCCCSc1ccc(Br)cc1.CCCCSc1ccc(C#CC#Cc2ccc(C)cc2)cc1.CCCCSc1ccc(C#C[Si](C)(C)C)cc1.O=CO[O-].Sc1ccc(Br)cc1.[H-].[H-].[K+].[K+].[Na+]. The molecule has 0 saturated carbocycles. The number of halogens is 3. The largest absolute Gasteiger partial charge is 1.00 e. The molecule has 98 heavy (non-hydrogen) atoms. The van der Waals surface area contributed by atoms with Gasteiger partial charge in [0.2, 0.25) is 0 Å². The van der Waals surface area contributed by atoms with Gasteiger partial charge in [0.1, 0.15) is 16.1 Å². The zero-order chi connectivity index (χ0) is 71.6. The summed E-state index contributed by atoms with van der Waals surface area (Å²) in [7, 11) is -2.35. The molecule has 0 spiro atoms. The minimum atomic E-state index is -1.25. The van der Waals surface area contributed by atoms with Crippen LogP contribution < -0.4 is 138 Å². The number of unbranched alkanes of at least 4 members (excludes halogenated alkanes) is 5. The molecule has 0 radical (unpaired) electrons. The molecule has 0 aromatic heterocycles. The Bertz CT molecular complexity index is 3140. The molecule has 6 aromatic rings. The molecule has 18 heteroatoms. The van der Waals surface area contributed by atoms with E-state index in [4.69, 9.17) is 32.9 Å². The molecule has 0 aliphatic carbocycles. The number of benzene rings is 6. The molecular formula is C80H107Br2IK2NNaO4S5Si2. The van der Waals surface area contributed by atoms with Crippen molar-refractivity contribution in [1.29, 1.82) is 5.26 Å². The molecule has 5 nitrogen and oxygen atoms in total. The topological polar surface area (TPSA) is 82.4 Å². The average molecular weight is 1750 g/mol. The fourth-order valence-corrected chi connectivity index (χ4v) is 11.9. The first-order valence-corrected chi connectivity index (χ1v) is 46.8. The predicted octanol–water partition coefficient (Wildman–Crippen LogP) is 15.5. The first-order chi connectivity index (χ1) is 45.6. The Kier molecular flexibility index (Phi) is 87.1. The summed E-state index contributed by atoms with van der Waals surface area (Å²) in [4.78, 5) is 17.6. The Morgan fingerprint density at radius 1 is 0.561 bits per heavy atom. The molecule has 1 heterocycles. The van der Waals surface area contributed by atoms with Gasteiger partial charge in [-0.25, -0.2) is 0 Å². The summed E-state index contributed by atoms with van der Waals surface area (Å²) >= 11 is 20.9. The van der Waals surface area contributed by atoms with E-state index < -0.39 is 16.1 Å². The smallest absolute Gasteiger partial charge is 1.00 e. The summed E-state index contributed by atoms with van der Waals surface area (Å²) < 4.78 is 8.51. The minimum absolute atomic E-state index is 0. The Morgan fingerprint density at radius 2 is 0.847 bits per heavy atom. The van der Waals surface area contributed by atoms with E-state index in [0.29, 0.717) is 0 Å². The van der Waals surface area contributed by atoms with Crippen LogP contribution in [0.15, 0.2) is 179 Å². The minimum Gasteiger partial charge on any atom is -1.00 e. The maximum atomic E-state index is 8.64. The van der Waals surface area contributed by atoms with Gasteiger partial charge in [0.15, 0.2) is 0 Å². The van der Waals surface area contributed by atoms with Crippen LogP contribution >= 0.6 is 114 Å². The third-order valence-electron chi connectivity index (χ3n) is 11.3. The van der Waals surface area contributed by atoms with Crippen molar-refractivity contribution >= 4 is 137 Å². The summed E-state index contributed by atoms with van der Waals surface area (Å²) in [6, 6.07) is 51.4. The molecule has 1 aliphatic heterocycles. The van der Waals surface area contributed by atoms with Gasteiger partial charge >= 0.3 is 132 Å². The monoisotopic (exact) mass is 1750 g/mol. The molecule has 0 N–H and O–H groups in total. The second-order valence-electron chi connectivity index (χ2n) is 22.5. The van der Waals surface area contributed by atoms with Gasteiger partial charge in [-0.1, -0.05) is 202 Å². The molecule has 0 unspecified atom stereocenters. The van der Waals surface area contributed by atoms with Crippen molar-refractivity contribution in [2.75, 3.05) is 40.7 Å². The Labute approximate surface area is 762 Å². The number of terminal acetylenes is 2. The maximum Gasteiger partial charge on any atom is 1.00 e. The van der Waals surface area contributed by atoms with Crippen molar-refractivity contribution in [3.8, 4) is 65.5 Å². The number of hydrogen-bond donors (Lipinski definition) is 1. The van der Waals surface area contributed by atoms with Crippen molar-refractivity contribution in [2.45, 2.75) is 189 Å². The average Bonchev–Trinajstić information content (AvgIpc) is 1.60. The fraction of sp³-hybridized carbons (Fsp3) is 0.400. The van der Waals surface area contributed by atoms with Gasteiger partial charge in [0.05, 0.1) is 6.07 Å². The van der Waals surface area contributed by atoms with Gasteiger partial charge in [0, 0.05) is 75.8 Å². The van der Waals surface area contributed by atoms with E-state index in [1.165, 1.54) is 137 Å². The van der Waals surface area contributed by atoms with Crippen molar-refractivity contribution < 1.29 is 155 Å². The van der Waals surface area contributed by atoms with E-state index in [0.717, 1.165) is 49.3 Å². The van der Waals surface area contributed by atoms with Crippen LogP contribution in [0.4, 0.5) is 0 Å². The van der Waals surface area contributed by atoms with Gasteiger partial charge in [-0.05, 0) is 225 Å². The molecule has 518 valence electrons. The maximum absolute atomic E-state index is 8.64. The van der Waals surface area contributed by atoms with E-state index >= 15 is 0 Å². The van der Waals surface area contributed by atoms with Gasteiger partial charge in [-0.2, -0.15) is 5.26 Å². The summed E-state index contributed by atoms with van der Waals surface area (Å²) in [6.07, 6.45) is 25.9. The Morgan fingerprint density at radius 3 is 1.08 bits per heavy atom. The van der Waals surface area contributed by atoms with Crippen LogP contribution in [0.3, 0.4) is 0 Å². The zero-order valence-corrected chi connectivity index (χ0v) is 81.6. The predicted molar refractivity (Wildman–Crippen MR) is 447 cm³/mol. The molecule has 6 aromatic carbocycles. The van der Waals surface area contributed by atoms with Crippen LogP contribution in [0.25, 0.3) is 0 Å². The number of nitriles is 1. The van der Waals surface area contributed by atoms with Crippen LogP contribution in [-0.2, 0) is 14.4 Å². The second-order valence-corrected chi connectivity index (χ2v) is 40.1. The molecule has 1 fully saturated rings. The molecule has 0 bridgehead atoms. The number of thioether (sulfide) groups is 4. The van der Waals surface area contributed by atoms with Crippen molar-refractivity contribution in [3.63, 3.8) is 0 Å². The summed E-state index contributed by atoms with van der Waals surface area (Å²) in [5.41, 5.74) is 11.5. The number of carbonyl (C=O) groups is 1. The zero-order valence-electron chi connectivity index (χ0n) is 63.8. The van der Waals surface area contributed by atoms with E-state index in [2.05, 4.69) is 296 Å². The van der Waals surface area contributed by atoms with Crippen molar-refractivity contribution in [1.82, 2.24) is 0 Å². The third-order valence-corrected chi connectivity index (χ3v) is 19.6. The molecule has 0 amide bonds. The molecular weight excluding hydrogens is 1640 g/mol. The van der Waals surface area contributed by atoms with Crippen molar-refractivity contribution in [3.05, 3.63) is 182 Å². The van der Waals surface area contributed by atoms with Crippen LogP contribution in [0.1, 0.15) is 149 Å². The number of carbonyl (C=O) groups excluding carboxylic acids is 1. The van der Waals surface area contributed by atoms with E-state index in [1.807, 2.05) is 95.6 Å². The van der Waals surface area contributed by atoms with Crippen LogP contribution in [0, 0.1) is 77.7 Å². The van der Waals surface area contributed by atoms with Crippen LogP contribution in [-0.4, -0.2) is 63.3 Å². The van der Waals surface area contributed by atoms with Gasteiger partial charge in [-0.3, -0.25) is 4.79 Å². The standard InChI is InChI=1S/C21H20S.C15H22SSi.C12H14S.C10H13BrS.C6H5BrS.C5H10Si.C4H9I.C4H8O.C2H3N.CH2O3.2K.Na.2H/c1-3-4-17-22-21-15-13-20(14-16-21)8-6-5-7-19-11-9-18(2)10-12-19;1-5-6-12-16-15-9-7-14(8-10-15)11-13-17(2,3)4;1-3-5-10-13-12-8-6-11(4-2)7-9-12;1-2-3-8-12-10-6-4-9(11)5-7-10;7-5-1-3-6(8)4-2-5;1-5-6(2,3)4;1-2-3-4-5;1-2-4-5-3-1;1-2-3;2-1-4-3;;;;;/h9-16H,3-4,17H2,1-2H3;7-10H,5-6,12H2,1-4H3;2,6-9H,3,5,10H2,1H3;4-7H,2-3,8H2,1H3;1-4,8H;1H,2-4H3;2-4H2,1H3;1-4H2;1H3;1,3H;;;;;/q;;;;;;;;;;3*+1;2*-1/p-1. The van der Waals surface area contributed by atoms with E-state index in [1.54, 1.807) is 6.07 Å². The van der Waals surface area contributed by atoms with Gasteiger partial charge in [-0.15, -0.1) is 83.6 Å². The Hall–Kier alpha value is 0.146. The first-order valence-electron chi connectivity index (χ1n) is 32.3. The number of rotatable bonds is 19. The number of alkyl halides is 1. The van der Waals surface area contributed by atoms with Crippen LogP contribution in [0.5, 0.6) is 0 Å². The van der Waals surface area contributed by atoms with Crippen molar-refractivity contribution in [2.24, 2.45) is 0 Å². The number of hydrogen-bond acceptors (Lipinski definition) is 10. The molecule has 1 aliphatic rings. The molecule has 1 saturated heterocycles. The Balaban J connectivity index is -0.000000164. The van der Waals surface area contributed by atoms with Gasteiger partial charge < -0.3 is 17.7 Å². The third kappa shape index (κ3) is 77.3. The normalized spacial score (nSPS) is 9.83. The van der Waals surface area contributed by atoms with Crippen LogP contribution in [0.2, 0.25) is 39.3 Å². The second kappa shape index (κ2) is 78.2. The van der Waals surface area contributed by atoms with E-state index in [-0.39, 0.29) is 142 Å². The summed E-state index contributed by atoms with van der Waals surface area (Å²) in [5, 5.41) is 15.8. The quantitative estimate of drug-likeness (QED) is 0.00815. The molecule has 0 atom stereocenters. The summed E-state index contributed by atoms with van der Waals surface area (Å²) in [5.74, 6) is 22.7. The number of aryl methyl sites for hydroxylation is 1. The van der Waals surface area contributed by atoms with Gasteiger partial charge in [0.25, 0.3) is 6.47 Å². The first kappa shape index (κ1) is 109. The summed E-state index contributed by atoms with van der Waals surface area (Å²) in [6.45, 7) is 29.7. The number of nitrogens with zero attached hydrogens (tertiary/aromatic N) is 1. The molecule has 7 rings (SSSR count).